The minimum atomic E-state index is -0.307. The Balaban J connectivity index is 1.75. The van der Waals surface area contributed by atoms with E-state index in [1.807, 2.05) is 23.6 Å². The van der Waals surface area contributed by atoms with Crippen molar-refractivity contribution in [2.24, 2.45) is 10.1 Å². The SMILES string of the molecule is C=CCN=c1scc(-c2ccccc2F)n1/N=C\c1ccc2c(c1)OCCO2. The summed E-state index contributed by atoms with van der Waals surface area (Å²) in [6, 6.07) is 12.2. The van der Waals surface area contributed by atoms with Gasteiger partial charge in [-0.15, -0.1) is 17.9 Å². The molecule has 0 amide bonds. The van der Waals surface area contributed by atoms with Gasteiger partial charge in [-0.05, 0) is 35.9 Å². The number of rotatable bonds is 5. The lowest BCUT2D eigenvalue weighted by atomic mass is 10.1. The van der Waals surface area contributed by atoms with Gasteiger partial charge in [-0.2, -0.15) is 5.10 Å². The summed E-state index contributed by atoms with van der Waals surface area (Å²) in [5.74, 6) is 1.11. The molecule has 0 saturated carbocycles. The van der Waals surface area contributed by atoms with Gasteiger partial charge in [0.2, 0.25) is 4.80 Å². The molecule has 0 bridgehead atoms. The third kappa shape index (κ3) is 3.75. The van der Waals surface area contributed by atoms with Gasteiger partial charge in [0.05, 0.1) is 18.5 Å². The molecule has 0 spiro atoms. The fourth-order valence-electron chi connectivity index (χ4n) is 2.78. The van der Waals surface area contributed by atoms with E-state index in [1.54, 1.807) is 35.2 Å². The largest absolute Gasteiger partial charge is 0.486 e. The predicted octanol–water partition coefficient (Wildman–Crippen LogP) is 4.10. The number of thiazole rings is 1. The lowest BCUT2D eigenvalue weighted by molar-refractivity contribution is 0.171. The predicted molar refractivity (Wildman–Crippen MR) is 109 cm³/mol. The van der Waals surface area contributed by atoms with E-state index in [9.17, 15) is 4.39 Å². The lowest BCUT2D eigenvalue weighted by Gasteiger charge is -2.18. The van der Waals surface area contributed by atoms with Crippen molar-refractivity contribution in [3.63, 3.8) is 0 Å². The van der Waals surface area contributed by atoms with Crippen LogP contribution in [0.25, 0.3) is 11.3 Å². The molecule has 7 heteroatoms. The average Bonchev–Trinajstić information content (AvgIpc) is 3.13. The smallest absolute Gasteiger partial charge is 0.206 e. The molecule has 28 heavy (non-hydrogen) atoms. The average molecular weight is 395 g/mol. The molecule has 0 N–H and O–H groups in total. The Bertz CT molecular complexity index is 1100. The molecule has 1 aliphatic heterocycles. The van der Waals surface area contributed by atoms with E-state index < -0.39 is 0 Å². The zero-order valence-electron chi connectivity index (χ0n) is 15.0. The zero-order chi connectivity index (χ0) is 19.3. The zero-order valence-corrected chi connectivity index (χ0v) is 15.9. The fraction of sp³-hybridized carbons (Fsp3) is 0.143. The summed E-state index contributed by atoms with van der Waals surface area (Å²) < 4.78 is 27.1. The third-order valence-corrected chi connectivity index (χ3v) is 4.93. The molecule has 5 nitrogen and oxygen atoms in total. The lowest BCUT2D eigenvalue weighted by Crippen LogP contribution is -2.15. The molecule has 0 aliphatic carbocycles. The van der Waals surface area contributed by atoms with Gasteiger partial charge in [-0.3, -0.25) is 4.99 Å². The van der Waals surface area contributed by atoms with E-state index in [0.717, 1.165) is 11.3 Å². The highest BCUT2D eigenvalue weighted by Crippen LogP contribution is 2.30. The second kappa shape index (κ2) is 8.22. The first-order chi connectivity index (χ1) is 13.8. The Morgan fingerprint density at radius 2 is 1.96 bits per heavy atom. The van der Waals surface area contributed by atoms with Gasteiger partial charge in [0, 0.05) is 10.9 Å². The van der Waals surface area contributed by atoms with Crippen molar-refractivity contribution < 1.29 is 13.9 Å². The van der Waals surface area contributed by atoms with Crippen LogP contribution in [0.2, 0.25) is 0 Å². The van der Waals surface area contributed by atoms with Crippen LogP contribution in [0.15, 0.2) is 70.6 Å². The molecule has 4 rings (SSSR count). The first-order valence-electron chi connectivity index (χ1n) is 8.77. The Morgan fingerprint density at radius 1 is 1.14 bits per heavy atom. The maximum atomic E-state index is 14.3. The Hall–Kier alpha value is -3.19. The van der Waals surface area contributed by atoms with Gasteiger partial charge >= 0.3 is 0 Å². The number of halogens is 1. The first-order valence-corrected chi connectivity index (χ1v) is 9.65. The van der Waals surface area contributed by atoms with E-state index in [1.165, 1.54) is 17.4 Å². The minimum Gasteiger partial charge on any atom is -0.486 e. The Kier molecular flexibility index (Phi) is 5.34. The Morgan fingerprint density at radius 3 is 2.79 bits per heavy atom. The highest BCUT2D eigenvalue weighted by atomic mass is 32.1. The van der Waals surface area contributed by atoms with Crippen LogP contribution in [0.3, 0.4) is 0 Å². The first kappa shape index (κ1) is 18.2. The molecule has 0 fully saturated rings. The van der Waals surface area contributed by atoms with Gasteiger partial charge < -0.3 is 9.47 Å². The van der Waals surface area contributed by atoms with Crippen LogP contribution in [0.4, 0.5) is 4.39 Å². The summed E-state index contributed by atoms with van der Waals surface area (Å²) >= 11 is 1.40. The normalized spacial score (nSPS) is 13.8. The van der Waals surface area contributed by atoms with Crippen LogP contribution in [-0.4, -0.2) is 30.6 Å². The molecule has 2 heterocycles. The molecule has 2 aromatic carbocycles. The van der Waals surface area contributed by atoms with Gasteiger partial charge in [-0.1, -0.05) is 18.2 Å². The topological polar surface area (TPSA) is 48.1 Å². The molecule has 0 saturated heterocycles. The van der Waals surface area contributed by atoms with Gasteiger partial charge in [-0.25, -0.2) is 9.07 Å². The van der Waals surface area contributed by atoms with Gasteiger partial charge in [0.1, 0.15) is 19.0 Å². The van der Waals surface area contributed by atoms with Crippen LogP contribution in [0, 0.1) is 5.82 Å². The number of fused-ring (bicyclic) bond motifs is 1. The van der Waals surface area contributed by atoms with E-state index in [0.29, 0.717) is 41.6 Å². The van der Waals surface area contributed by atoms with Crippen LogP contribution >= 0.6 is 11.3 Å². The van der Waals surface area contributed by atoms with Gasteiger partial charge in [0.15, 0.2) is 11.5 Å². The van der Waals surface area contributed by atoms with Crippen molar-refractivity contribution in [3.8, 4) is 22.8 Å². The molecule has 0 atom stereocenters. The number of ether oxygens (including phenoxy) is 2. The van der Waals surface area contributed by atoms with Crippen LogP contribution in [0.1, 0.15) is 5.56 Å². The summed E-state index contributed by atoms with van der Waals surface area (Å²) in [5, 5.41) is 6.42. The number of benzene rings is 2. The molecular weight excluding hydrogens is 377 g/mol. The molecule has 142 valence electrons. The molecule has 0 unspecified atom stereocenters. The third-order valence-electron chi connectivity index (χ3n) is 4.08. The maximum Gasteiger partial charge on any atom is 0.206 e. The van der Waals surface area contributed by atoms with E-state index in [2.05, 4.69) is 16.7 Å². The van der Waals surface area contributed by atoms with E-state index in [-0.39, 0.29) is 5.82 Å². The fourth-order valence-corrected chi connectivity index (χ4v) is 3.62. The van der Waals surface area contributed by atoms with Crippen molar-refractivity contribution >= 4 is 17.6 Å². The van der Waals surface area contributed by atoms with E-state index >= 15 is 0 Å². The minimum absolute atomic E-state index is 0.307. The molecule has 1 aromatic heterocycles. The number of nitrogens with zero attached hydrogens (tertiary/aromatic N) is 3. The summed E-state index contributed by atoms with van der Waals surface area (Å²) in [6.07, 6.45) is 3.40. The quantitative estimate of drug-likeness (QED) is 0.482. The standard InChI is InChI=1S/C21H18FN3O2S/c1-2-9-23-21-25(18(14-28-21)16-5-3-4-6-17(16)22)24-13-15-7-8-19-20(12-15)27-11-10-26-19/h2-8,12-14H,1,9-11H2/b23-21?,24-13-. The van der Waals surface area contributed by atoms with E-state index in [4.69, 9.17) is 9.47 Å². The summed E-state index contributed by atoms with van der Waals surface area (Å²) in [4.78, 5) is 5.12. The summed E-state index contributed by atoms with van der Waals surface area (Å²) in [5.41, 5.74) is 1.95. The second-order valence-electron chi connectivity index (χ2n) is 5.97. The number of aromatic nitrogens is 1. The van der Waals surface area contributed by atoms with Crippen molar-refractivity contribution in [3.05, 3.63) is 76.7 Å². The number of hydrogen-bond acceptors (Lipinski definition) is 5. The summed E-state index contributed by atoms with van der Waals surface area (Å²) in [6.45, 7) is 5.22. The number of hydrogen-bond donors (Lipinski definition) is 0. The van der Waals surface area contributed by atoms with Crippen LogP contribution in [0.5, 0.6) is 11.5 Å². The highest BCUT2D eigenvalue weighted by Gasteiger charge is 2.13. The Labute approximate surface area is 165 Å². The molecule has 0 radical (unpaired) electrons. The maximum absolute atomic E-state index is 14.3. The van der Waals surface area contributed by atoms with Gasteiger partial charge in [0.25, 0.3) is 0 Å². The monoisotopic (exact) mass is 395 g/mol. The van der Waals surface area contributed by atoms with Crippen LogP contribution in [-0.2, 0) is 0 Å². The highest BCUT2D eigenvalue weighted by molar-refractivity contribution is 7.07. The molecular formula is C21H18FN3O2S. The molecule has 1 aliphatic rings. The van der Waals surface area contributed by atoms with Crippen molar-refractivity contribution in [1.82, 2.24) is 4.68 Å². The summed E-state index contributed by atoms with van der Waals surface area (Å²) in [7, 11) is 0. The van der Waals surface area contributed by atoms with Crippen molar-refractivity contribution in [1.29, 1.82) is 0 Å². The van der Waals surface area contributed by atoms with Crippen molar-refractivity contribution in [2.75, 3.05) is 19.8 Å². The van der Waals surface area contributed by atoms with Crippen LogP contribution < -0.4 is 14.3 Å². The van der Waals surface area contributed by atoms with Crippen molar-refractivity contribution in [2.45, 2.75) is 0 Å². The molecule has 3 aromatic rings. The second-order valence-corrected chi connectivity index (χ2v) is 6.81.